The van der Waals surface area contributed by atoms with Crippen LogP contribution in [0.4, 0.5) is 11.4 Å². The highest BCUT2D eigenvalue weighted by Gasteiger charge is 2.36. The van der Waals surface area contributed by atoms with Crippen molar-refractivity contribution in [1.29, 1.82) is 0 Å². The van der Waals surface area contributed by atoms with Gasteiger partial charge in [0.05, 0.1) is 5.92 Å². The summed E-state index contributed by atoms with van der Waals surface area (Å²) in [5, 5.41) is 4.71. The summed E-state index contributed by atoms with van der Waals surface area (Å²) in [4.78, 5) is 38.7. The molecular formula is C24H22N2O4. The maximum atomic E-state index is 12.4. The lowest BCUT2D eigenvalue weighted by molar-refractivity contribution is -0.151. The third-order valence-electron chi connectivity index (χ3n) is 5.27. The van der Waals surface area contributed by atoms with Gasteiger partial charge in [-0.1, -0.05) is 54.6 Å². The van der Waals surface area contributed by atoms with Gasteiger partial charge < -0.3 is 15.0 Å². The van der Waals surface area contributed by atoms with Crippen LogP contribution in [0.25, 0.3) is 10.8 Å². The Labute approximate surface area is 174 Å². The average Bonchev–Trinajstić information content (AvgIpc) is 3.14. The van der Waals surface area contributed by atoms with E-state index in [9.17, 15) is 14.4 Å². The van der Waals surface area contributed by atoms with E-state index in [4.69, 9.17) is 4.74 Å². The maximum Gasteiger partial charge on any atom is 0.311 e. The van der Waals surface area contributed by atoms with Crippen molar-refractivity contribution in [2.45, 2.75) is 13.3 Å². The van der Waals surface area contributed by atoms with E-state index in [0.29, 0.717) is 5.69 Å². The lowest BCUT2D eigenvalue weighted by Crippen LogP contribution is -2.28. The highest BCUT2D eigenvalue weighted by Crippen LogP contribution is 2.28. The van der Waals surface area contributed by atoms with Crippen LogP contribution in [0, 0.1) is 12.8 Å². The fourth-order valence-corrected chi connectivity index (χ4v) is 3.74. The summed E-state index contributed by atoms with van der Waals surface area (Å²) in [6, 6.07) is 20.9. The second-order valence-corrected chi connectivity index (χ2v) is 7.37. The van der Waals surface area contributed by atoms with Crippen LogP contribution in [-0.4, -0.2) is 30.9 Å². The van der Waals surface area contributed by atoms with E-state index in [1.165, 1.54) is 0 Å². The number of nitrogens with one attached hydrogen (secondary N) is 1. The monoisotopic (exact) mass is 402 g/mol. The SMILES string of the molecule is Cc1ccccc1N1C[C@H](C(=O)OCC(=O)Nc2cccc3ccccc23)CC1=O. The molecule has 0 unspecified atom stereocenters. The lowest BCUT2D eigenvalue weighted by atomic mass is 10.1. The van der Waals surface area contributed by atoms with Crippen molar-refractivity contribution < 1.29 is 19.1 Å². The number of esters is 1. The largest absolute Gasteiger partial charge is 0.455 e. The molecule has 1 heterocycles. The molecule has 0 aliphatic carbocycles. The van der Waals surface area contributed by atoms with E-state index in [2.05, 4.69) is 5.32 Å². The number of ether oxygens (including phenoxy) is 1. The highest BCUT2D eigenvalue weighted by atomic mass is 16.5. The predicted octanol–water partition coefficient (Wildman–Crippen LogP) is 3.68. The number of hydrogen-bond donors (Lipinski definition) is 1. The number of carbonyl (C=O) groups excluding carboxylic acids is 3. The second-order valence-electron chi connectivity index (χ2n) is 7.37. The number of amides is 2. The smallest absolute Gasteiger partial charge is 0.311 e. The lowest BCUT2D eigenvalue weighted by Gasteiger charge is -2.18. The molecule has 1 atom stereocenters. The molecule has 3 aromatic carbocycles. The molecule has 30 heavy (non-hydrogen) atoms. The number of rotatable bonds is 5. The van der Waals surface area contributed by atoms with Gasteiger partial charge in [-0.2, -0.15) is 0 Å². The molecule has 152 valence electrons. The van der Waals surface area contributed by atoms with Crippen molar-refractivity contribution in [3.05, 3.63) is 72.3 Å². The topological polar surface area (TPSA) is 75.7 Å². The Hall–Kier alpha value is -3.67. The van der Waals surface area contributed by atoms with Gasteiger partial charge in [0.2, 0.25) is 5.91 Å². The minimum absolute atomic E-state index is 0.0815. The Kier molecular flexibility index (Phi) is 5.48. The summed E-state index contributed by atoms with van der Waals surface area (Å²) in [6.07, 6.45) is 0.0815. The van der Waals surface area contributed by atoms with E-state index in [-0.39, 0.29) is 18.9 Å². The van der Waals surface area contributed by atoms with E-state index < -0.39 is 24.4 Å². The van der Waals surface area contributed by atoms with Gasteiger partial charge in [-0.05, 0) is 30.0 Å². The first-order valence-corrected chi connectivity index (χ1v) is 9.83. The van der Waals surface area contributed by atoms with Crippen LogP contribution in [0.2, 0.25) is 0 Å². The molecular weight excluding hydrogens is 380 g/mol. The third kappa shape index (κ3) is 4.03. The molecule has 2 amide bonds. The summed E-state index contributed by atoms with van der Waals surface area (Å²) >= 11 is 0. The number of anilines is 2. The van der Waals surface area contributed by atoms with Crippen molar-refractivity contribution in [3.8, 4) is 0 Å². The Morgan fingerprint density at radius 2 is 1.77 bits per heavy atom. The van der Waals surface area contributed by atoms with E-state index in [1.54, 1.807) is 11.0 Å². The van der Waals surface area contributed by atoms with Crippen molar-refractivity contribution in [3.63, 3.8) is 0 Å². The van der Waals surface area contributed by atoms with Crippen molar-refractivity contribution >= 4 is 39.9 Å². The van der Waals surface area contributed by atoms with Crippen LogP contribution in [0.15, 0.2) is 66.7 Å². The molecule has 0 aromatic heterocycles. The molecule has 3 aromatic rings. The number of aryl methyl sites for hydroxylation is 1. The molecule has 1 aliphatic heterocycles. The zero-order valence-electron chi connectivity index (χ0n) is 16.6. The van der Waals surface area contributed by atoms with Gasteiger partial charge >= 0.3 is 5.97 Å². The number of fused-ring (bicyclic) bond motifs is 1. The van der Waals surface area contributed by atoms with Gasteiger partial charge in [0.25, 0.3) is 5.91 Å². The maximum absolute atomic E-state index is 12.4. The molecule has 4 rings (SSSR count). The number of hydrogen-bond acceptors (Lipinski definition) is 4. The minimum Gasteiger partial charge on any atom is -0.455 e. The summed E-state index contributed by atoms with van der Waals surface area (Å²) in [5.74, 6) is -1.65. The predicted molar refractivity (Wildman–Crippen MR) is 115 cm³/mol. The Morgan fingerprint density at radius 1 is 1.03 bits per heavy atom. The van der Waals surface area contributed by atoms with Gasteiger partial charge in [-0.3, -0.25) is 14.4 Å². The van der Waals surface area contributed by atoms with E-state index in [1.807, 2.05) is 67.6 Å². The molecule has 0 saturated carbocycles. The second kappa shape index (κ2) is 8.37. The number of para-hydroxylation sites is 1. The number of carbonyl (C=O) groups is 3. The molecule has 1 N–H and O–H groups in total. The summed E-state index contributed by atoms with van der Waals surface area (Å²) in [7, 11) is 0. The summed E-state index contributed by atoms with van der Waals surface area (Å²) < 4.78 is 5.20. The van der Waals surface area contributed by atoms with Crippen LogP contribution >= 0.6 is 0 Å². The Bertz CT molecular complexity index is 1120. The number of nitrogens with zero attached hydrogens (tertiary/aromatic N) is 1. The molecule has 6 heteroatoms. The third-order valence-corrected chi connectivity index (χ3v) is 5.27. The fraction of sp³-hybridized carbons (Fsp3) is 0.208. The first-order chi connectivity index (χ1) is 14.5. The van der Waals surface area contributed by atoms with E-state index in [0.717, 1.165) is 22.0 Å². The van der Waals surface area contributed by atoms with Gasteiger partial charge in [0.15, 0.2) is 6.61 Å². The molecule has 0 spiro atoms. The fourth-order valence-electron chi connectivity index (χ4n) is 3.74. The van der Waals surface area contributed by atoms with E-state index >= 15 is 0 Å². The van der Waals surface area contributed by atoms with Crippen molar-refractivity contribution in [2.75, 3.05) is 23.4 Å². The highest BCUT2D eigenvalue weighted by molar-refractivity contribution is 6.03. The van der Waals surface area contributed by atoms with Crippen LogP contribution in [0.5, 0.6) is 0 Å². The normalized spacial score (nSPS) is 16.0. The van der Waals surface area contributed by atoms with Crippen molar-refractivity contribution in [2.24, 2.45) is 5.92 Å². The summed E-state index contributed by atoms with van der Waals surface area (Å²) in [5.41, 5.74) is 2.43. The molecule has 1 saturated heterocycles. The van der Waals surface area contributed by atoms with Crippen LogP contribution in [0.3, 0.4) is 0 Å². The first-order valence-electron chi connectivity index (χ1n) is 9.83. The van der Waals surface area contributed by atoms with Crippen LogP contribution < -0.4 is 10.2 Å². The minimum atomic E-state index is -0.581. The van der Waals surface area contributed by atoms with Crippen molar-refractivity contribution in [1.82, 2.24) is 0 Å². The van der Waals surface area contributed by atoms with Gasteiger partial charge in [0.1, 0.15) is 0 Å². The molecule has 1 aliphatic rings. The van der Waals surface area contributed by atoms with Crippen LogP contribution in [0.1, 0.15) is 12.0 Å². The number of benzene rings is 3. The molecule has 6 nitrogen and oxygen atoms in total. The summed E-state index contributed by atoms with van der Waals surface area (Å²) in [6.45, 7) is 1.79. The van der Waals surface area contributed by atoms with Gasteiger partial charge in [-0.25, -0.2) is 0 Å². The zero-order valence-corrected chi connectivity index (χ0v) is 16.6. The standard InChI is InChI=1S/C24H22N2O4/c1-16-7-2-5-12-21(16)26-14-18(13-23(26)28)24(29)30-15-22(27)25-20-11-6-9-17-8-3-4-10-19(17)20/h2-12,18H,13-15H2,1H3,(H,25,27)/t18-/m1/s1. The molecule has 1 fully saturated rings. The molecule has 0 radical (unpaired) electrons. The van der Waals surface area contributed by atoms with Crippen LogP contribution in [-0.2, 0) is 19.1 Å². The average molecular weight is 402 g/mol. The zero-order chi connectivity index (χ0) is 21.1. The van der Waals surface area contributed by atoms with Gasteiger partial charge in [0, 0.05) is 29.7 Å². The molecule has 0 bridgehead atoms. The Balaban J connectivity index is 1.35. The van der Waals surface area contributed by atoms with Gasteiger partial charge in [-0.15, -0.1) is 0 Å². The first kappa shape index (κ1) is 19.6. The quantitative estimate of drug-likeness (QED) is 0.661. The Morgan fingerprint density at radius 3 is 2.60 bits per heavy atom.